The molecule has 3 rings (SSSR count). The number of hydrogen-bond donors (Lipinski definition) is 1. The van der Waals surface area contributed by atoms with Gasteiger partial charge in [-0.2, -0.15) is 0 Å². The summed E-state index contributed by atoms with van der Waals surface area (Å²) in [5, 5.41) is 11.8. The molecular weight excluding hydrogens is 282 g/mol. The number of thiophene rings is 1. The van der Waals surface area contributed by atoms with Crippen LogP contribution in [0.2, 0.25) is 5.02 Å². The molecule has 0 unspecified atom stereocenters. The van der Waals surface area contributed by atoms with Crippen LogP contribution in [0.3, 0.4) is 0 Å². The molecule has 98 valence electrons. The lowest BCUT2D eigenvalue weighted by Gasteiger charge is -2.30. The molecule has 19 heavy (non-hydrogen) atoms. The third-order valence-electron chi connectivity index (χ3n) is 3.34. The first-order chi connectivity index (χ1) is 9.15. The van der Waals surface area contributed by atoms with E-state index in [0.717, 1.165) is 25.2 Å². The van der Waals surface area contributed by atoms with Crippen LogP contribution >= 0.6 is 22.9 Å². The predicted molar refractivity (Wildman–Crippen MR) is 77.5 cm³/mol. The maximum absolute atomic E-state index is 11.3. The minimum absolute atomic E-state index is 0.270. The number of benzene rings is 1. The second-order valence-corrected chi connectivity index (χ2v) is 5.94. The molecule has 0 spiro atoms. The van der Waals surface area contributed by atoms with Crippen molar-refractivity contribution < 1.29 is 9.90 Å². The number of fused-ring (bicyclic) bond motifs is 1. The summed E-state index contributed by atoms with van der Waals surface area (Å²) in [5.74, 6) is -0.936. The van der Waals surface area contributed by atoms with Gasteiger partial charge in [-0.25, -0.2) is 4.79 Å². The molecule has 0 saturated carbocycles. The molecule has 5 heteroatoms. The maximum atomic E-state index is 11.3. The van der Waals surface area contributed by atoms with Gasteiger partial charge < -0.3 is 10.0 Å². The Bertz CT molecular complexity index is 638. The molecule has 0 bridgehead atoms. The Kier molecular flexibility index (Phi) is 3.21. The number of nitrogens with zero attached hydrogens (tertiary/aromatic N) is 1. The summed E-state index contributed by atoms with van der Waals surface area (Å²) >= 11 is 7.65. The molecule has 3 nitrogen and oxygen atoms in total. The molecule has 0 fully saturated rings. The van der Waals surface area contributed by atoms with Crippen molar-refractivity contribution in [2.45, 2.75) is 13.0 Å². The Balaban J connectivity index is 1.98. The predicted octanol–water partition coefficient (Wildman–Crippen LogP) is 3.66. The fourth-order valence-electron chi connectivity index (χ4n) is 2.41. The average Bonchev–Trinajstić information content (AvgIpc) is 2.85. The van der Waals surface area contributed by atoms with Gasteiger partial charge in [-0.3, -0.25) is 0 Å². The van der Waals surface area contributed by atoms with Crippen LogP contribution in [0.4, 0.5) is 5.69 Å². The molecule has 0 saturated heterocycles. The third kappa shape index (κ3) is 2.33. The van der Waals surface area contributed by atoms with E-state index < -0.39 is 5.97 Å². The molecule has 2 heterocycles. The third-order valence-corrected chi connectivity index (χ3v) is 4.60. The monoisotopic (exact) mass is 293 g/mol. The molecule has 0 radical (unpaired) electrons. The first-order valence-electron chi connectivity index (χ1n) is 5.98. The Labute approximate surface area is 120 Å². The Morgan fingerprint density at radius 3 is 3.00 bits per heavy atom. The quantitative estimate of drug-likeness (QED) is 0.918. The first kappa shape index (κ1) is 12.5. The largest absolute Gasteiger partial charge is 0.478 e. The number of carbonyl (C=O) groups is 1. The summed E-state index contributed by atoms with van der Waals surface area (Å²) in [6, 6.07) is 7.17. The maximum Gasteiger partial charge on any atom is 0.337 e. The van der Waals surface area contributed by atoms with Crippen LogP contribution < -0.4 is 4.90 Å². The van der Waals surface area contributed by atoms with Gasteiger partial charge in [-0.15, -0.1) is 11.3 Å². The van der Waals surface area contributed by atoms with E-state index in [-0.39, 0.29) is 5.56 Å². The fourth-order valence-corrected chi connectivity index (χ4v) is 3.47. The van der Waals surface area contributed by atoms with Gasteiger partial charge in [0.2, 0.25) is 0 Å². The number of carboxylic acid groups (broad SMARTS) is 1. The van der Waals surface area contributed by atoms with Crippen molar-refractivity contribution in [3.8, 4) is 0 Å². The molecule has 1 aromatic heterocycles. The number of rotatable bonds is 2. The smallest absolute Gasteiger partial charge is 0.337 e. The van der Waals surface area contributed by atoms with Crippen molar-refractivity contribution >= 4 is 34.6 Å². The highest BCUT2D eigenvalue weighted by molar-refractivity contribution is 7.10. The van der Waals surface area contributed by atoms with Gasteiger partial charge in [0.25, 0.3) is 0 Å². The molecule has 1 aliphatic rings. The zero-order chi connectivity index (χ0) is 13.4. The highest BCUT2D eigenvalue weighted by Crippen LogP contribution is 2.31. The van der Waals surface area contributed by atoms with Crippen molar-refractivity contribution in [3.05, 3.63) is 50.7 Å². The SMILES string of the molecule is O=C(O)c1cc(Cl)ccc1N1CCc2sccc2C1. The second kappa shape index (κ2) is 4.87. The van der Waals surface area contributed by atoms with Crippen LogP contribution in [0.5, 0.6) is 0 Å². The summed E-state index contributed by atoms with van der Waals surface area (Å²) in [6.07, 6.45) is 0.967. The van der Waals surface area contributed by atoms with E-state index in [2.05, 4.69) is 16.3 Å². The van der Waals surface area contributed by atoms with Crippen molar-refractivity contribution in [1.29, 1.82) is 0 Å². The lowest BCUT2D eigenvalue weighted by Crippen LogP contribution is -2.30. The minimum atomic E-state index is -0.936. The number of carboxylic acids is 1. The van der Waals surface area contributed by atoms with Crippen molar-refractivity contribution in [3.63, 3.8) is 0 Å². The van der Waals surface area contributed by atoms with E-state index >= 15 is 0 Å². The molecular formula is C14H12ClNO2S. The average molecular weight is 294 g/mol. The molecule has 0 aliphatic carbocycles. The Morgan fingerprint density at radius 2 is 2.21 bits per heavy atom. The van der Waals surface area contributed by atoms with Crippen LogP contribution in [-0.4, -0.2) is 17.6 Å². The molecule has 0 amide bonds. The van der Waals surface area contributed by atoms with E-state index in [1.807, 2.05) is 0 Å². The molecule has 1 aliphatic heterocycles. The van der Waals surface area contributed by atoms with Gasteiger partial charge in [0.05, 0.1) is 11.3 Å². The number of aromatic carboxylic acids is 1. The minimum Gasteiger partial charge on any atom is -0.478 e. The summed E-state index contributed by atoms with van der Waals surface area (Å²) in [7, 11) is 0. The van der Waals surface area contributed by atoms with Gasteiger partial charge in [-0.05, 0) is 41.6 Å². The topological polar surface area (TPSA) is 40.5 Å². The molecule has 1 N–H and O–H groups in total. The second-order valence-electron chi connectivity index (χ2n) is 4.51. The van der Waals surface area contributed by atoms with E-state index in [1.165, 1.54) is 16.5 Å². The molecule has 2 aromatic rings. The van der Waals surface area contributed by atoms with Crippen LogP contribution in [-0.2, 0) is 13.0 Å². The van der Waals surface area contributed by atoms with E-state index in [9.17, 15) is 9.90 Å². The number of hydrogen-bond acceptors (Lipinski definition) is 3. The Morgan fingerprint density at radius 1 is 1.37 bits per heavy atom. The standard InChI is InChI=1S/C14H12ClNO2S/c15-10-1-2-12(11(7-10)14(17)18)16-5-3-13-9(8-16)4-6-19-13/h1-2,4,6-7H,3,5,8H2,(H,17,18). The number of halogens is 1. The fraction of sp³-hybridized carbons (Fsp3) is 0.214. The van der Waals surface area contributed by atoms with Gasteiger partial charge in [0, 0.05) is 23.0 Å². The summed E-state index contributed by atoms with van der Waals surface area (Å²) < 4.78 is 0. The number of anilines is 1. The highest BCUT2D eigenvalue weighted by atomic mass is 35.5. The van der Waals surface area contributed by atoms with E-state index in [4.69, 9.17) is 11.6 Å². The van der Waals surface area contributed by atoms with E-state index in [0.29, 0.717) is 5.02 Å². The lowest BCUT2D eigenvalue weighted by atomic mass is 10.1. The van der Waals surface area contributed by atoms with Crippen LogP contribution in [0.25, 0.3) is 0 Å². The van der Waals surface area contributed by atoms with Crippen LogP contribution in [0, 0.1) is 0 Å². The van der Waals surface area contributed by atoms with Gasteiger partial charge in [0.1, 0.15) is 0 Å². The Hall–Kier alpha value is -1.52. The van der Waals surface area contributed by atoms with E-state index in [1.54, 1.807) is 23.5 Å². The van der Waals surface area contributed by atoms with Crippen molar-refractivity contribution in [2.75, 3.05) is 11.4 Å². The zero-order valence-corrected chi connectivity index (χ0v) is 11.7. The van der Waals surface area contributed by atoms with Crippen LogP contribution in [0.15, 0.2) is 29.6 Å². The molecule has 0 atom stereocenters. The van der Waals surface area contributed by atoms with Crippen molar-refractivity contribution in [1.82, 2.24) is 0 Å². The van der Waals surface area contributed by atoms with Gasteiger partial charge in [0.15, 0.2) is 0 Å². The zero-order valence-electron chi connectivity index (χ0n) is 10.1. The summed E-state index contributed by atoms with van der Waals surface area (Å²) in [6.45, 7) is 1.61. The lowest BCUT2D eigenvalue weighted by molar-refractivity contribution is 0.0697. The van der Waals surface area contributed by atoms with Gasteiger partial charge >= 0.3 is 5.97 Å². The first-order valence-corrected chi connectivity index (χ1v) is 7.24. The van der Waals surface area contributed by atoms with Gasteiger partial charge in [-0.1, -0.05) is 11.6 Å². The summed E-state index contributed by atoms with van der Waals surface area (Å²) in [5.41, 5.74) is 2.31. The van der Waals surface area contributed by atoms with Crippen molar-refractivity contribution in [2.24, 2.45) is 0 Å². The summed E-state index contributed by atoms with van der Waals surface area (Å²) in [4.78, 5) is 14.8. The van der Waals surface area contributed by atoms with Crippen LogP contribution in [0.1, 0.15) is 20.8 Å². The normalized spacial score (nSPS) is 14.3. The highest BCUT2D eigenvalue weighted by Gasteiger charge is 2.21. The molecule has 1 aromatic carbocycles.